The van der Waals surface area contributed by atoms with E-state index in [9.17, 15) is 9.59 Å². The summed E-state index contributed by atoms with van der Waals surface area (Å²) in [5, 5.41) is 0. The highest BCUT2D eigenvalue weighted by Crippen LogP contribution is 2.42. The molecule has 6 rings (SSSR count). The highest BCUT2D eigenvalue weighted by molar-refractivity contribution is 5.81. The van der Waals surface area contributed by atoms with Crippen LogP contribution in [0.4, 0.5) is 9.59 Å². The van der Waals surface area contributed by atoms with Crippen LogP contribution in [0.15, 0.2) is 48.8 Å². The van der Waals surface area contributed by atoms with Crippen molar-refractivity contribution in [1.82, 2.24) is 29.7 Å². The van der Waals surface area contributed by atoms with Crippen LogP contribution in [-0.4, -0.2) is 107 Å². The first kappa shape index (κ1) is 40.6. The van der Waals surface area contributed by atoms with Gasteiger partial charge in [-0.15, -0.1) is 0 Å². The first-order valence-electron chi connectivity index (χ1n) is 19.4. The van der Waals surface area contributed by atoms with Crippen molar-refractivity contribution in [2.75, 3.05) is 53.7 Å². The van der Waals surface area contributed by atoms with Crippen LogP contribution in [-0.2, 0) is 18.9 Å². The van der Waals surface area contributed by atoms with Crippen LogP contribution in [0.3, 0.4) is 0 Å². The Balaban J connectivity index is 1.29. The highest BCUT2D eigenvalue weighted by atomic mass is 16.6. The molecule has 0 bridgehead atoms. The minimum Gasteiger partial charge on any atom is -0.491 e. The van der Waals surface area contributed by atoms with Gasteiger partial charge in [-0.05, 0) is 91.5 Å². The summed E-state index contributed by atoms with van der Waals surface area (Å²) in [4.78, 5) is 45.9. The van der Waals surface area contributed by atoms with E-state index in [1.807, 2.05) is 77.9 Å². The molecule has 4 aromatic rings. The SMILES string of the molecule is COCCOc1cc(-c2ncc([C@@H]3CCCN3C(=O)OC(C)(C)C)[nH]2)ccc1-c1ccc(-c2ncc([C@@H]3CCCN3C(=O)OC(C)(C)C)[nH]2)cc1OCCOC. The second-order valence-electron chi connectivity index (χ2n) is 16.1. The smallest absolute Gasteiger partial charge is 0.410 e. The highest BCUT2D eigenvalue weighted by Gasteiger charge is 2.36. The van der Waals surface area contributed by atoms with Crippen LogP contribution in [0.2, 0.25) is 0 Å². The molecule has 0 aliphatic carbocycles. The van der Waals surface area contributed by atoms with Crippen molar-refractivity contribution < 1.29 is 38.0 Å². The van der Waals surface area contributed by atoms with E-state index in [1.54, 1.807) is 36.4 Å². The van der Waals surface area contributed by atoms with Crippen molar-refractivity contribution in [3.8, 4) is 45.4 Å². The average Bonchev–Trinajstić information content (AvgIpc) is 3.97. The molecule has 2 atom stereocenters. The minimum absolute atomic E-state index is 0.152. The molecule has 2 amide bonds. The zero-order valence-electron chi connectivity index (χ0n) is 33.9. The van der Waals surface area contributed by atoms with Gasteiger partial charge in [0.25, 0.3) is 0 Å². The molecular weight excluding hydrogens is 716 g/mol. The van der Waals surface area contributed by atoms with Crippen molar-refractivity contribution in [3.63, 3.8) is 0 Å². The number of aromatic amines is 2. The molecule has 2 fully saturated rings. The second kappa shape index (κ2) is 17.4. The van der Waals surface area contributed by atoms with E-state index in [0.717, 1.165) is 59.3 Å². The number of nitrogens with one attached hydrogen (secondary N) is 2. The lowest BCUT2D eigenvalue weighted by atomic mass is 9.99. The summed E-state index contributed by atoms with van der Waals surface area (Å²) in [6, 6.07) is 11.6. The van der Waals surface area contributed by atoms with Crippen LogP contribution in [0.25, 0.3) is 33.9 Å². The number of rotatable bonds is 13. The largest absolute Gasteiger partial charge is 0.491 e. The van der Waals surface area contributed by atoms with Crippen molar-refractivity contribution in [2.24, 2.45) is 0 Å². The molecule has 0 radical (unpaired) electrons. The van der Waals surface area contributed by atoms with Gasteiger partial charge in [-0.3, -0.25) is 9.80 Å². The number of hydrogen-bond acceptors (Lipinski definition) is 10. The standard InChI is InChI=1S/C42H56N6O8/c1-41(2,3)55-39(49)47-17-9-11-33(47)31-25-43-37(45-31)27-13-15-29(35(23-27)53-21-19-51-7)30-16-14-28(24-36(30)54-22-20-52-8)38-44-26-32(46-38)34-12-10-18-48(34)40(50)56-42(4,5)6/h13-16,23-26,33-34H,9-12,17-22H2,1-8H3,(H,43,45)(H,44,46)/t33-,34-/m0/s1. The van der Waals surface area contributed by atoms with Crippen LogP contribution < -0.4 is 9.47 Å². The average molecular weight is 773 g/mol. The number of imidazole rings is 2. The fourth-order valence-corrected chi connectivity index (χ4v) is 7.05. The van der Waals surface area contributed by atoms with Crippen molar-refractivity contribution in [3.05, 3.63) is 60.2 Å². The van der Waals surface area contributed by atoms with Gasteiger partial charge in [-0.25, -0.2) is 19.6 Å². The van der Waals surface area contributed by atoms with Crippen molar-refractivity contribution in [2.45, 2.75) is 90.5 Å². The quantitative estimate of drug-likeness (QED) is 0.127. The lowest BCUT2D eigenvalue weighted by molar-refractivity contribution is 0.0211. The molecule has 2 aromatic carbocycles. The van der Waals surface area contributed by atoms with Crippen LogP contribution in [0.5, 0.6) is 11.5 Å². The predicted octanol–water partition coefficient (Wildman–Crippen LogP) is 8.33. The molecule has 2 aromatic heterocycles. The summed E-state index contributed by atoms with van der Waals surface area (Å²) >= 11 is 0. The lowest BCUT2D eigenvalue weighted by Gasteiger charge is -2.28. The van der Waals surface area contributed by atoms with Gasteiger partial charge >= 0.3 is 12.2 Å². The van der Waals surface area contributed by atoms with E-state index in [4.69, 9.17) is 38.4 Å². The van der Waals surface area contributed by atoms with Crippen molar-refractivity contribution >= 4 is 12.2 Å². The summed E-state index contributed by atoms with van der Waals surface area (Å²) in [5.41, 5.74) is 3.83. The third-order valence-electron chi connectivity index (χ3n) is 9.56. The fraction of sp³-hybridized carbons (Fsp3) is 0.524. The number of hydrogen-bond donors (Lipinski definition) is 2. The van der Waals surface area contributed by atoms with Gasteiger partial charge < -0.3 is 38.4 Å². The predicted molar refractivity (Wildman–Crippen MR) is 212 cm³/mol. The van der Waals surface area contributed by atoms with Crippen molar-refractivity contribution in [1.29, 1.82) is 0 Å². The number of amides is 2. The third-order valence-corrected chi connectivity index (χ3v) is 9.56. The summed E-state index contributed by atoms with van der Waals surface area (Å²) in [6.45, 7) is 14.0. The Kier molecular flexibility index (Phi) is 12.6. The first-order valence-corrected chi connectivity index (χ1v) is 19.4. The van der Waals surface area contributed by atoms with E-state index in [2.05, 4.69) is 9.97 Å². The maximum Gasteiger partial charge on any atom is 0.410 e. The number of nitrogens with zero attached hydrogens (tertiary/aromatic N) is 4. The Morgan fingerprint density at radius 2 is 1.07 bits per heavy atom. The first-order chi connectivity index (χ1) is 26.7. The minimum atomic E-state index is -0.580. The monoisotopic (exact) mass is 772 g/mol. The fourth-order valence-electron chi connectivity index (χ4n) is 7.05. The lowest BCUT2D eigenvalue weighted by Crippen LogP contribution is -2.36. The van der Waals surface area contributed by atoms with E-state index >= 15 is 0 Å². The molecule has 302 valence electrons. The van der Waals surface area contributed by atoms with Gasteiger partial charge in [0.15, 0.2) is 0 Å². The molecule has 56 heavy (non-hydrogen) atoms. The number of carbonyl (C=O) groups is 2. The van der Waals surface area contributed by atoms with Gasteiger partial charge in [0.1, 0.15) is 47.6 Å². The molecule has 14 nitrogen and oxygen atoms in total. The topological polar surface area (TPSA) is 153 Å². The summed E-state index contributed by atoms with van der Waals surface area (Å²) in [5.74, 6) is 2.57. The molecule has 2 aliphatic rings. The number of aromatic nitrogens is 4. The Bertz CT molecular complexity index is 1820. The summed E-state index contributed by atoms with van der Waals surface area (Å²) in [6.07, 6.45) is 6.34. The maximum atomic E-state index is 13.0. The van der Waals surface area contributed by atoms with Gasteiger partial charge in [0, 0.05) is 49.6 Å². The van der Waals surface area contributed by atoms with Gasteiger partial charge in [-0.1, -0.05) is 12.1 Å². The van der Waals surface area contributed by atoms with Crippen LogP contribution >= 0.6 is 0 Å². The van der Waals surface area contributed by atoms with E-state index in [1.165, 1.54) is 0 Å². The van der Waals surface area contributed by atoms with E-state index < -0.39 is 11.2 Å². The number of benzene rings is 2. The molecule has 14 heteroatoms. The number of H-pyrrole nitrogens is 2. The second-order valence-corrected chi connectivity index (χ2v) is 16.1. The van der Waals surface area contributed by atoms with Crippen LogP contribution in [0, 0.1) is 0 Å². The molecule has 2 aliphatic heterocycles. The normalized spacial score (nSPS) is 17.4. The zero-order valence-corrected chi connectivity index (χ0v) is 33.9. The zero-order chi connectivity index (χ0) is 40.0. The Labute approximate surface area is 329 Å². The Hall–Kier alpha value is -5.08. The molecule has 0 unspecified atom stereocenters. The molecule has 2 N–H and O–H groups in total. The van der Waals surface area contributed by atoms with E-state index in [-0.39, 0.29) is 24.3 Å². The van der Waals surface area contributed by atoms with Gasteiger partial charge in [0.05, 0.1) is 49.1 Å². The number of methoxy groups -OCH3 is 2. The number of likely N-dealkylation sites (tertiary alicyclic amines) is 2. The van der Waals surface area contributed by atoms with Crippen LogP contribution in [0.1, 0.15) is 90.7 Å². The van der Waals surface area contributed by atoms with Gasteiger partial charge in [-0.2, -0.15) is 0 Å². The molecule has 0 saturated carbocycles. The third kappa shape index (κ3) is 9.83. The number of carbonyl (C=O) groups excluding carboxylic acids is 2. The molecule has 4 heterocycles. The Morgan fingerprint density at radius 3 is 1.45 bits per heavy atom. The molecule has 2 saturated heterocycles. The number of ether oxygens (including phenoxy) is 6. The van der Waals surface area contributed by atoms with E-state index in [0.29, 0.717) is 62.7 Å². The summed E-state index contributed by atoms with van der Waals surface area (Å²) in [7, 11) is 3.27. The Morgan fingerprint density at radius 1 is 0.661 bits per heavy atom. The summed E-state index contributed by atoms with van der Waals surface area (Å²) < 4.78 is 34.7. The molecule has 0 spiro atoms. The molecular formula is C42H56N6O8. The van der Waals surface area contributed by atoms with Gasteiger partial charge in [0.2, 0.25) is 0 Å². The maximum absolute atomic E-state index is 13.0.